The summed E-state index contributed by atoms with van der Waals surface area (Å²) < 4.78 is 0. The minimum atomic E-state index is -0.436. The van der Waals surface area contributed by atoms with E-state index in [9.17, 15) is 9.59 Å². The number of carbonyl (C=O) groups excluding carboxylic acids is 2. The second-order valence-corrected chi connectivity index (χ2v) is 6.04. The molecular weight excluding hydrogens is 280 g/mol. The second kappa shape index (κ2) is 9.23. The van der Waals surface area contributed by atoms with Crippen LogP contribution >= 0.6 is 0 Å². The Labute approximate surface area is 132 Å². The van der Waals surface area contributed by atoms with Gasteiger partial charge in [-0.1, -0.05) is 27.2 Å². The van der Waals surface area contributed by atoms with Crippen LogP contribution < -0.4 is 11.1 Å². The molecule has 0 bridgehead atoms. The fourth-order valence-corrected chi connectivity index (χ4v) is 2.35. The number of imide groups is 1. The van der Waals surface area contributed by atoms with Gasteiger partial charge in [-0.25, -0.2) is 4.79 Å². The smallest absolute Gasteiger partial charge is 0.328 e. The van der Waals surface area contributed by atoms with Gasteiger partial charge < -0.3 is 5.73 Å². The summed E-state index contributed by atoms with van der Waals surface area (Å²) in [6, 6.07) is -0.189. The summed E-state index contributed by atoms with van der Waals surface area (Å²) in [5.74, 6) is 0.397. The molecule has 3 amide bonds. The number of nitrogens with zero attached hydrogens (tertiary/aromatic N) is 2. The standard InChI is InChI=1S/C16H28N4O2/c1-4-5-13(7-6-12(2)3)18-11-14(10-17)20-9-8-15(21)19-16(20)22/h10-13H,4-9,17H2,1-3H3,(H,19,21,22)/b14-10+,18-11?. The first-order chi connectivity index (χ1) is 10.5. The van der Waals surface area contributed by atoms with Crippen LogP contribution in [0.2, 0.25) is 0 Å². The monoisotopic (exact) mass is 308 g/mol. The molecule has 0 saturated carbocycles. The van der Waals surface area contributed by atoms with Gasteiger partial charge in [0, 0.05) is 25.4 Å². The molecule has 1 aliphatic heterocycles. The normalized spacial score (nSPS) is 18.2. The zero-order chi connectivity index (χ0) is 16.5. The van der Waals surface area contributed by atoms with Crippen molar-refractivity contribution in [2.24, 2.45) is 16.6 Å². The van der Waals surface area contributed by atoms with Gasteiger partial charge in [-0.15, -0.1) is 0 Å². The molecular formula is C16H28N4O2. The molecule has 124 valence electrons. The van der Waals surface area contributed by atoms with Crippen LogP contribution in [0.25, 0.3) is 0 Å². The molecule has 0 aromatic rings. The number of amides is 3. The number of allylic oxidation sites excluding steroid dienone is 1. The predicted octanol–water partition coefficient (Wildman–Crippen LogP) is 2.40. The summed E-state index contributed by atoms with van der Waals surface area (Å²) in [4.78, 5) is 29.1. The Morgan fingerprint density at radius 1 is 1.36 bits per heavy atom. The third-order valence-corrected chi connectivity index (χ3v) is 3.65. The highest BCUT2D eigenvalue weighted by Crippen LogP contribution is 2.15. The lowest BCUT2D eigenvalue weighted by Gasteiger charge is -2.26. The van der Waals surface area contributed by atoms with Crippen LogP contribution in [-0.2, 0) is 4.79 Å². The fraction of sp³-hybridized carbons (Fsp3) is 0.688. The molecule has 6 nitrogen and oxygen atoms in total. The van der Waals surface area contributed by atoms with Gasteiger partial charge in [0.05, 0.1) is 11.7 Å². The van der Waals surface area contributed by atoms with Crippen molar-refractivity contribution < 1.29 is 9.59 Å². The molecule has 1 aliphatic rings. The van der Waals surface area contributed by atoms with Crippen LogP contribution in [0.3, 0.4) is 0 Å². The first-order valence-corrected chi connectivity index (χ1v) is 8.04. The second-order valence-electron chi connectivity index (χ2n) is 6.04. The van der Waals surface area contributed by atoms with Crippen LogP contribution in [0.1, 0.15) is 52.9 Å². The maximum atomic E-state index is 11.8. The summed E-state index contributed by atoms with van der Waals surface area (Å²) in [5, 5.41) is 2.29. The highest BCUT2D eigenvalue weighted by molar-refractivity contribution is 5.99. The number of hydrogen-bond donors (Lipinski definition) is 2. The number of urea groups is 1. The fourth-order valence-electron chi connectivity index (χ4n) is 2.35. The maximum Gasteiger partial charge on any atom is 0.328 e. The third-order valence-electron chi connectivity index (χ3n) is 3.65. The van der Waals surface area contributed by atoms with Crippen molar-refractivity contribution in [1.82, 2.24) is 10.2 Å². The van der Waals surface area contributed by atoms with Crippen LogP contribution in [0.4, 0.5) is 4.79 Å². The number of carbonyl (C=O) groups is 2. The van der Waals surface area contributed by atoms with E-state index in [1.165, 1.54) is 11.1 Å². The molecule has 1 atom stereocenters. The average Bonchev–Trinajstić information content (AvgIpc) is 2.46. The minimum absolute atomic E-state index is 0.247. The van der Waals surface area contributed by atoms with Gasteiger partial charge in [0.15, 0.2) is 0 Å². The number of nitrogens with one attached hydrogen (secondary N) is 1. The van der Waals surface area contributed by atoms with E-state index in [4.69, 9.17) is 5.73 Å². The Morgan fingerprint density at radius 3 is 2.64 bits per heavy atom. The van der Waals surface area contributed by atoms with Gasteiger partial charge in [0.2, 0.25) is 5.91 Å². The van der Waals surface area contributed by atoms with Crippen molar-refractivity contribution in [2.75, 3.05) is 6.54 Å². The van der Waals surface area contributed by atoms with Gasteiger partial charge in [0.25, 0.3) is 0 Å². The van der Waals surface area contributed by atoms with E-state index in [0.29, 0.717) is 18.2 Å². The van der Waals surface area contributed by atoms with Crippen LogP contribution in [0, 0.1) is 5.92 Å². The lowest BCUT2D eigenvalue weighted by Crippen LogP contribution is -2.49. The SMILES string of the molecule is CCCC(CCC(C)C)N=C/C(=C\N)N1CCC(=O)NC1=O. The molecule has 1 saturated heterocycles. The van der Waals surface area contributed by atoms with E-state index >= 15 is 0 Å². The van der Waals surface area contributed by atoms with Gasteiger partial charge in [-0.2, -0.15) is 0 Å². The van der Waals surface area contributed by atoms with E-state index in [-0.39, 0.29) is 18.4 Å². The zero-order valence-corrected chi connectivity index (χ0v) is 13.8. The lowest BCUT2D eigenvalue weighted by atomic mass is 10.0. The molecule has 1 heterocycles. The predicted molar refractivity (Wildman–Crippen MR) is 88.4 cm³/mol. The molecule has 0 spiro atoms. The van der Waals surface area contributed by atoms with E-state index < -0.39 is 6.03 Å². The van der Waals surface area contributed by atoms with Crippen LogP contribution in [-0.4, -0.2) is 35.6 Å². The lowest BCUT2D eigenvalue weighted by molar-refractivity contribution is -0.121. The molecule has 22 heavy (non-hydrogen) atoms. The number of nitrogens with two attached hydrogens (primary N) is 1. The summed E-state index contributed by atoms with van der Waals surface area (Å²) in [5.41, 5.74) is 6.16. The number of aliphatic imine (C=N–C) groups is 1. The Kier molecular flexibility index (Phi) is 7.63. The van der Waals surface area contributed by atoms with Crippen molar-refractivity contribution in [3.8, 4) is 0 Å². The Balaban J connectivity index is 2.69. The summed E-state index contributed by atoms with van der Waals surface area (Å²) in [7, 11) is 0. The Bertz CT molecular complexity index is 443. The molecule has 0 aromatic heterocycles. The summed E-state index contributed by atoms with van der Waals surface area (Å²) in [6.45, 7) is 6.88. The molecule has 3 N–H and O–H groups in total. The molecule has 1 fully saturated rings. The topological polar surface area (TPSA) is 87.8 Å². The third kappa shape index (κ3) is 5.87. The highest BCUT2D eigenvalue weighted by Gasteiger charge is 2.25. The van der Waals surface area contributed by atoms with Crippen molar-refractivity contribution in [3.05, 3.63) is 11.9 Å². The van der Waals surface area contributed by atoms with E-state index in [1.54, 1.807) is 6.21 Å². The van der Waals surface area contributed by atoms with Crippen molar-refractivity contribution in [1.29, 1.82) is 0 Å². The Hall–Kier alpha value is -1.85. The van der Waals surface area contributed by atoms with E-state index in [0.717, 1.165) is 25.7 Å². The summed E-state index contributed by atoms with van der Waals surface area (Å²) in [6.07, 6.45) is 7.56. The zero-order valence-electron chi connectivity index (χ0n) is 13.8. The number of hydrogen-bond acceptors (Lipinski definition) is 4. The number of rotatable bonds is 8. The average molecular weight is 308 g/mol. The molecule has 1 unspecified atom stereocenters. The Morgan fingerprint density at radius 2 is 2.09 bits per heavy atom. The maximum absolute atomic E-state index is 11.8. The van der Waals surface area contributed by atoms with Crippen molar-refractivity contribution in [2.45, 2.75) is 58.9 Å². The van der Waals surface area contributed by atoms with Gasteiger partial charge >= 0.3 is 6.03 Å². The largest absolute Gasteiger partial charge is 0.403 e. The van der Waals surface area contributed by atoms with E-state index in [1.807, 2.05) is 0 Å². The first-order valence-electron chi connectivity index (χ1n) is 8.04. The molecule has 1 rings (SSSR count). The summed E-state index contributed by atoms with van der Waals surface area (Å²) >= 11 is 0. The quantitative estimate of drug-likeness (QED) is 0.675. The molecule has 0 radical (unpaired) electrons. The highest BCUT2D eigenvalue weighted by atomic mass is 16.2. The first kappa shape index (κ1) is 18.2. The van der Waals surface area contributed by atoms with Crippen LogP contribution in [0.15, 0.2) is 16.9 Å². The van der Waals surface area contributed by atoms with E-state index in [2.05, 4.69) is 31.1 Å². The molecule has 0 aromatic carbocycles. The van der Waals surface area contributed by atoms with Gasteiger partial charge in [0.1, 0.15) is 0 Å². The molecule has 6 heteroatoms. The minimum Gasteiger partial charge on any atom is -0.403 e. The van der Waals surface area contributed by atoms with Crippen LogP contribution in [0.5, 0.6) is 0 Å². The molecule has 0 aliphatic carbocycles. The van der Waals surface area contributed by atoms with Crippen molar-refractivity contribution >= 4 is 18.2 Å². The van der Waals surface area contributed by atoms with Gasteiger partial charge in [-0.05, 0) is 25.2 Å². The van der Waals surface area contributed by atoms with Gasteiger partial charge in [-0.3, -0.25) is 20.0 Å². The van der Waals surface area contributed by atoms with Crippen molar-refractivity contribution in [3.63, 3.8) is 0 Å².